The number of hydrogen-bond acceptors (Lipinski definition) is 0. The Labute approximate surface area is 126 Å². The fraction of sp³-hybridized carbons (Fsp3) is 0.867. The van der Waals surface area contributed by atoms with Gasteiger partial charge in [0.1, 0.15) is 0 Å². The average molecular weight is 430 g/mol. The van der Waals surface area contributed by atoms with E-state index in [-0.39, 0.29) is 0 Å². The second kappa shape index (κ2) is 1.13. The topological polar surface area (TPSA) is 0 Å². The van der Waals surface area contributed by atoms with Gasteiger partial charge in [-0.15, -0.1) is 0 Å². The zero-order chi connectivity index (χ0) is 17.3. The van der Waals surface area contributed by atoms with Gasteiger partial charge in [0.25, 0.3) is 0 Å². The Balaban J connectivity index is 0.000000130. The zero-order valence-corrected chi connectivity index (χ0v) is 16.2. The standard InChI is InChI=1S/C10H13Si.C5H5.Co.F6P/c1-11(2,3)9-8-10-6-4-5-7-10;1-2-4-5-3-1;;1-7(2,3,4,5)6/h4-7H,1-3H3;1-5H;;/q;;;-1. The van der Waals surface area contributed by atoms with Gasteiger partial charge < -0.3 is 0 Å². The molecule has 0 saturated carbocycles. The van der Waals surface area contributed by atoms with Gasteiger partial charge in [0.2, 0.25) is 0 Å². The molecule has 4 atom stereocenters. The summed E-state index contributed by atoms with van der Waals surface area (Å²) in [4.78, 5) is 12.9. The monoisotopic (exact) mass is 430 g/mol. The second-order valence-corrected chi connectivity index (χ2v) is 41.6. The normalized spacial score (nSPS) is 91.3. The van der Waals surface area contributed by atoms with E-state index in [9.17, 15) is 25.2 Å². The van der Waals surface area contributed by atoms with Crippen LogP contribution in [0.15, 0.2) is 0 Å². The quantitative estimate of drug-likeness (QED) is 0.158. The van der Waals surface area contributed by atoms with Gasteiger partial charge in [0.05, 0.1) is 0 Å². The SMILES string of the molecule is C[Si](C)(C)C#C[C]12[CH]3[CH]4[CH]5[CH]1[Co]45321678[CH]2[CH]1[CH]6[CH]7[CH]28.F[P-](F)(F)(F)(F)F. The van der Waals surface area contributed by atoms with Gasteiger partial charge in [-0.3, -0.25) is 0 Å². The minimum absolute atomic E-state index is 0.868. The summed E-state index contributed by atoms with van der Waals surface area (Å²) in [5.41, 5.74) is 3.87. The van der Waals surface area contributed by atoms with Crippen molar-refractivity contribution in [2.24, 2.45) is 0 Å². The van der Waals surface area contributed by atoms with Crippen LogP contribution in [0.25, 0.3) is 0 Å². The Kier molecular flexibility index (Phi) is 0.594. The fourth-order valence-electron chi connectivity index (χ4n) is 15.8. The molecule has 0 aromatic carbocycles. The van der Waals surface area contributed by atoms with Crippen LogP contribution in [-0.2, 0) is 6.37 Å². The molecule has 4 unspecified atom stereocenters. The van der Waals surface area contributed by atoms with Crippen LogP contribution in [0, 0.1) is 11.5 Å². The van der Waals surface area contributed by atoms with Crippen LogP contribution in [-0.4, -0.2) is 8.07 Å². The first kappa shape index (κ1) is 12.6. The van der Waals surface area contributed by atoms with Gasteiger partial charge in [-0.1, -0.05) is 0 Å². The van der Waals surface area contributed by atoms with Crippen molar-refractivity contribution in [2.45, 2.75) is 67.7 Å². The van der Waals surface area contributed by atoms with Crippen molar-refractivity contribution in [3.05, 3.63) is 0 Å². The van der Waals surface area contributed by atoms with Gasteiger partial charge in [-0.2, -0.15) is 0 Å². The van der Waals surface area contributed by atoms with Crippen molar-refractivity contribution in [1.82, 2.24) is 0 Å². The van der Waals surface area contributed by atoms with E-state index < -0.39 is 22.2 Å². The Hall–Kier alpha value is 0.293. The van der Waals surface area contributed by atoms with Gasteiger partial charge in [0, 0.05) is 0 Å². The molecule has 10 aliphatic rings. The molecule has 0 aromatic heterocycles. The van der Waals surface area contributed by atoms with Crippen LogP contribution in [0.3, 0.4) is 0 Å². The molecule has 24 heavy (non-hydrogen) atoms. The maximum atomic E-state index is 9.87. The molecule has 0 nitrogen and oxygen atoms in total. The Bertz CT molecular complexity index is 1180. The van der Waals surface area contributed by atoms with E-state index in [0.717, 1.165) is 4.35 Å². The number of rotatable bonds is 0. The van der Waals surface area contributed by atoms with Crippen LogP contribution in [0.2, 0.25) is 67.7 Å². The van der Waals surface area contributed by atoms with Crippen molar-refractivity contribution in [1.29, 1.82) is 0 Å². The number of halogens is 6. The summed E-state index contributed by atoms with van der Waals surface area (Å²) in [6.45, 7) is 7.35. The van der Waals surface area contributed by atoms with Crippen molar-refractivity contribution in [3.63, 3.8) is 0 Å². The molecule has 139 valence electrons. The van der Waals surface area contributed by atoms with Gasteiger partial charge in [-0.25, -0.2) is 0 Å². The van der Waals surface area contributed by atoms with Crippen molar-refractivity contribution in [3.8, 4) is 11.5 Å². The van der Waals surface area contributed by atoms with Crippen LogP contribution in [0.4, 0.5) is 25.2 Å². The van der Waals surface area contributed by atoms with E-state index in [1.165, 1.54) is 43.7 Å². The van der Waals surface area contributed by atoms with Crippen LogP contribution >= 0.6 is 7.81 Å². The summed E-state index contributed by atoms with van der Waals surface area (Å²) >= 11 is 0. The van der Waals surface area contributed by atoms with Crippen molar-refractivity contribution < 1.29 is 31.5 Å². The van der Waals surface area contributed by atoms with Gasteiger partial charge in [-0.05, 0) is 0 Å². The van der Waals surface area contributed by atoms with Crippen LogP contribution < -0.4 is 0 Å². The third kappa shape index (κ3) is 0.208. The van der Waals surface area contributed by atoms with Crippen molar-refractivity contribution in [2.75, 3.05) is 0 Å². The zero-order valence-electron chi connectivity index (χ0n) is 13.2. The first-order valence-corrected chi connectivity index (χ1v) is 19.9. The molecule has 10 fully saturated rings. The third-order valence-corrected chi connectivity index (χ3v) is 55.2. The Morgan fingerprint density at radius 3 is 1.25 bits per heavy atom. The maximum absolute atomic E-state index is 10.7. The predicted octanol–water partition coefficient (Wildman–Crippen LogP) is 8.01. The molecule has 10 rings (SSSR count). The van der Waals surface area contributed by atoms with E-state index in [1.807, 2.05) is 0 Å². The molecule has 9 heteroatoms. The minimum atomic E-state index is -10.7. The molecule has 0 bridgehead atoms. The molecule has 0 amide bonds. The van der Waals surface area contributed by atoms with Crippen LogP contribution in [0.1, 0.15) is 0 Å². The summed E-state index contributed by atoms with van der Waals surface area (Å²) in [5.74, 6) is 4.12. The molecule has 0 aliphatic carbocycles. The average Bonchev–Trinajstić information content (AvgIpc) is 3.25. The Morgan fingerprint density at radius 1 is 0.750 bits per heavy atom. The van der Waals surface area contributed by atoms with E-state index >= 15 is 0 Å². The fourth-order valence-corrected chi connectivity index (χ4v) is 83.7. The third-order valence-electron chi connectivity index (χ3n) is 14.5. The van der Waals surface area contributed by atoms with Crippen LogP contribution in [0.5, 0.6) is 0 Å². The van der Waals surface area contributed by atoms with E-state index in [4.69, 9.17) is 0 Å². The van der Waals surface area contributed by atoms with Gasteiger partial charge >= 0.3 is 127 Å². The summed E-state index contributed by atoms with van der Waals surface area (Å²) in [6, 6.07) is 0. The second-order valence-electron chi connectivity index (χ2n) is 12.7. The molecule has 0 radical (unpaired) electrons. The summed E-state index contributed by atoms with van der Waals surface area (Å²) in [6.07, 6.45) is -2.71. The van der Waals surface area contributed by atoms with Gasteiger partial charge in [0.15, 0.2) is 0 Å². The summed E-state index contributed by atoms with van der Waals surface area (Å²) < 4.78 is 60.1. The Morgan fingerprint density at radius 2 is 1.08 bits per heavy atom. The van der Waals surface area contributed by atoms with E-state index in [2.05, 4.69) is 31.1 Å². The molecule has 0 aromatic rings. The first-order chi connectivity index (χ1) is 10.2. The molecule has 10 heterocycles. The summed E-state index contributed by atoms with van der Waals surface area (Å²) in [5, 5.41) is 0. The van der Waals surface area contributed by atoms with E-state index in [0.29, 0.717) is 0 Å². The van der Waals surface area contributed by atoms with E-state index in [1.54, 1.807) is 0 Å². The van der Waals surface area contributed by atoms with Crippen molar-refractivity contribution >= 4 is 15.9 Å². The number of fused-ring (bicyclic) bond motifs is 10. The summed E-state index contributed by atoms with van der Waals surface area (Å²) in [7, 11) is -11.8. The molecule has 10 saturated heterocycles. The molecule has 1 spiro atoms. The molecule has 10 aliphatic heterocycles. The molecule has 0 N–H and O–H groups in total. The number of hydrogen-bond donors (Lipinski definition) is 0. The molecular formula is C15H18CoF6PSi-. The molecular weight excluding hydrogens is 412 g/mol. The predicted molar refractivity (Wildman–Crippen MR) is 81.1 cm³/mol. The first-order valence-electron chi connectivity index (χ1n) is 8.41.